The monoisotopic (exact) mass is 488 g/mol. The van der Waals surface area contributed by atoms with Crippen molar-refractivity contribution in [1.29, 1.82) is 0 Å². The molecule has 0 spiro atoms. The molecule has 0 saturated carbocycles. The van der Waals surface area contributed by atoms with Crippen molar-refractivity contribution < 1.29 is 28.6 Å². The maximum absolute atomic E-state index is 13.5. The SMILES string of the molecule is CCN(C(=O)/C(C=O)=C(\OCOCCOC(C)=O)c1c(Cl)cccc1N(C)C)c1ccccc1. The van der Waals surface area contributed by atoms with Crippen LogP contribution in [0, 0.1) is 0 Å². The second-order valence-corrected chi connectivity index (χ2v) is 7.69. The molecular weight excluding hydrogens is 460 g/mol. The first-order valence-corrected chi connectivity index (χ1v) is 11.1. The van der Waals surface area contributed by atoms with Crippen molar-refractivity contribution >= 4 is 46.9 Å². The van der Waals surface area contributed by atoms with Crippen LogP contribution < -0.4 is 9.80 Å². The fourth-order valence-corrected chi connectivity index (χ4v) is 3.45. The second-order valence-electron chi connectivity index (χ2n) is 7.28. The molecule has 2 aromatic carbocycles. The summed E-state index contributed by atoms with van der Waals surface area (Å²) in [7, 11) is 3.63. The lowest BCUT2D eigenvalue weighted by Gasteiger charge is -2.25. The minimum atomic E-state index is -0.539. The summed E-state index contributed by atoms with van der Waals surface area (Å²) in [4.78, 5) is 40.0. The van der Waals surface area contributed by atoms with Crippen molar-refractivity contribution in [1.82, 2.24) is 0 Å². The summed E-state index contributed by atoms with van der Waals surface area (Å²) in [6, 6.07) is 14.2. The lowest BCUT2D eigenvalue weighted by atomic mass is 10.0. The summed E-state index contributed by atoms with van der Waals surface area (Å²) < 4.78 is 16.1. The Kier molecular flexibility index (Phi) is 10.6. The van der Waals surface area contributed by atoms with E-state index in [9.17, 15) is 14.4 Å². The van der Waals surface area contributed by atoms with Gasteiger partial charge < -0.3 is 24.0 Å². The summed E-state index contributed by atoms with van der Waals surface area (Å²) in [5.74, 6) is -0.967. The van der Waals surface area contributed by atoms with Gasteiger partial charge in [0.15, 0.2) is 13.1 Å². The first-order chi connectivity index (χ1) is 16.3. The number of hydrogen-bond acceptors (Lipinski definition) is 7. The Morgan fingerprint density at radius 3 is 2.29 bits per heavy atom. The lowest BCUT2D eigenvalue weighted by molar-refractivity contribution is -0.143. The van der Waals surface area contributed by atoms with Gasteiger partial charge in [-0.05, 0) is 31.2 Å². The number of carbonyl (C=O) groups is 3. The van der Waals surface area contributed by atoms with Gasteiger partial charge in [0.2, 0.25) is 0 Å². The highest BCUT2D eigenvalue weighted by molar-refractivity contribution is 6.33. The summed E-state index contributed by atoms with van der Waals surface area (Å²) in [6.45, 7) is 3.26. The normalized spacial score (nSPS) is 11.3. The molecule has 0 unspecified atom stereocenters. The van der Waals surface area contributed by atoms with E-state index in [1.54, 1.807) is 35.2 Å². The zero-order chi connectivity index (χ0) is 25.1. The van der Waals surface area contributed by atoms with Gasteiger partial charge in [-0.25, -0.2) is 0 Å². The molecule has 2 aromatic rings. The molecule has 2 rings (SSSR count). The number of nitrogens with zero attached hydrogens (tertiary/aromatic N) is 2. The van der Waals surface area contributed by atoms with Gasteiger partial charge in [0.25, 0.3) is 5.91 Å². The fraction of sp³-hybridized carbons (Fsp3) is 0.320. The minimum Gasteiger partial charge on any atom is -0.466 e. The number of esters is 1. The van der Waals surface area contributed by atoms with Crippen LogP contribution in [0.25, 0.3) is 5.76 Å². The number of hydrogen-bond donors (Lipinski definition) is 0. The number of anilines is 2. The molecule has 0 aliphatic heterocycles. The van der Waals surface area contributed by atoms with E-state index in [0.717, 1.165) is 0 Å². The number of halogens is 1. The van der Waals surface area contributed by atoms with Crippen LogP contribution >= 0.6 is 11.6 Å². The Morgan fingerprint density at radius 1 is 1.00 bits per heavy atom. The maximum Gasteiger partial charge on any atom is 0.302 e. The third-order valence-electron chi connectivity index (χ3n) is 4.74. The molecule has 0 N–H and O–H groups in total. The van der Waals surface area contributed by atoms with Gasteiger partial charge in [0, 0.05) is 38.9 Å². The van der Waals surface area contributed by atoms with Crippen molar-refractivity contribution in [2.75, 3.05) is 50.4 Å². The Bertz CT molecular complexity index is 1020. The molecule has 0 aliphatic carbocycles. The van der Waals surface area contributed by atoms with Gasteiger partial charge in [-0.1, -0.05) is 35.9 Å². The van der Waals surface area contributed by atoms with Crippen molar-refractivity contribution in [3.63, 3.8) is 0 Å². The molecule has 182 valence electrons. The van der Waals surface area contributed by atoms with E-state index in [0.29, 0.717) is 34.8 Å². The minimum absolute atomic E-state index is 0.00355. The molecule has 0 saturated heterocycles. The predicted molar refractivity (Wildman–Crippen MR) is 132 cm³/mol. The molecule has 0 fully saturated rings. The van der Waals surface area contributed by atoms with Gasteiger partial charge in [-0.3, -0.25) is 14.4 Å². The number of likely N-dealkylation sites (N-methyl/N-ethyl adjacent to an activating group) is 1. The van der Waals surface area contributed by atoms with Gasteiger partial charge >= 0.3 is 5.97 Å². The smallest absolute Gasteiger partial charge is 0.302 e. The highest BCUT2D eigenvalue weighted by atomic mass is 35.5. The number of amides is 1. The third-order valence-corrected chi connectivity index (χ3v) is 5.06. The van der Waals surface area contributed by atoms with Crippen LogP contribution in [0.15, 0.2) is 54.1 Å². The Morgan fingerprint density at radius 2 is 1.71 bits per heavy atom. The Labute approximate surface area is 204 Å². The van der Waals surface area contributed by atoms with Gasteiger partial charge in [0.1, 0.15) is 17.9 Å². The molecule has 1 amide bonds. The van der Waals surface area contributed by atoms with Crippen LogP contribution in [-0.4, -0.2) is 58.8 Å². The zero-order valence-corrected chi connectivity index (χ0v) is 20.5. The standard InChI is InChI=1S/C25H29ClN2O6/c1-5-28(19-10-7-6-8-11-19)25(31)20(16-29)24(34-17-32-14-15-33-18(2)30)23-21(26)12-9-13-22(23)27(3)4/h6-13,16H,5,14-15,17H2,1-4H3/b24-20-. The van der Waals surface area contributed by atoms with E-state index < -0.39 is 11.9 Å². The Balaban J connectivity index is 2.50. The molecule has 34 heavy (non-hydrogen) atoms. The number of aldehydes is 1. The van der Waals surface area contributed by atoms with Crippen LogP contribution in [0.3, 0.4) is 0 Å². The lowest BCUT2D eigenvalue weighted by Crippen LogP contribution is -2.33. The van der Waals surface area contributed by atoms with E-state index in [-0.39, 0.29) is 31.3 Å². The quantitative estimate of drug-likeness (QED) is 0.0654. The summed E-state index contributed by atoms with van der Waals surface area (Å²) in [6.07, 6.45) is 0.463. The molecule has 0 bridgehead atoms. The van der Waals surface area contributed by atoms with E-state index >= 15 is 0 Å². The maximum atomic E-state index is 13.5. The molecule has 8 nitrogen and oxygen atoms in total. The number of benzene rings is 2. The number of para-hydroxylation sites is 1. The molecule has 0 radical (unpaired) electrons. The number of rotatable bonds is 12. The van der Waals surface area contributed by atoms with E-state index in [1.807, 2.05) is 39.2 Å². The molecule has 0 aromatic heterocycles. The van der Waals surface area contributed by atoms with Gasteiger partial charge in [-0.2, -0.15) is 0 Å². The summed E-state index contributed by atoms with van der Waals surface area (Å²) in [5, 5.41) is 0.302. The van der Waals surface area contributed by atoms with E-state index in [1.165, 1.54) is 11.8 Å². The van der Waals surface area contributed by atoms with Gasteiger partial charge in [-0.15, -0.1) is 0 Å². The average molecular weight is 489 g/mol. The second kappa shape index (κ2) is 13.4. The number of ether oxygens (including phenoxy) is 3. The number of carbonyl (C=O) groups excluding carboxylic acids is 3. The van der Waals surface area contributed by atoms with E-state index in [2.05, 4.69) is 0 Å². The van der Waals surface area contributed by atoms with Crippen LogP contribution in [0.5, 0.6) is 0 Å². The average Bonchev–Trinajstić information content (AvgIpc) is 2.81. The summed E-state index contributed by atoms with van der Waals surface area (Å²) in [5.41, 5.74) is 1.47. The van der Waals surface area contributed by atoms with Crippen molar-refractivity contribution in [3.8, 4) is 0 Å². The van der Waals surface area contributed by atoms with Crippen molar-refractivity contribution in [2.45, 2.75) is 13.8 Å². The van der Waals surface area contributed by atoms with E-state index in [4.69, 9.17) is 25.8 Å². The Hall–Kier alpha value is -3.36. The fourth-order valence-electron chi connectivity index (χ4n) is 3.20. The van der Waals surface area contributed by atoms with Crippen molar-refractivity contribution in [2.24, 2.45) is 0 Å². The zero-order valence-electron chi connectivity index (χ0n) is 19.7. The van der Waals surface area contributed by atoms with Gasteiger partial charge in [0.05, 0.1) is 17.2 Å². The first kappa shape index (κ1) is 26.9. The largest absolute Gasteiger partial charge is 0.466 e. The molecule has 0 aliphatic rings. The highest BCUT2D eigenvalue weighted by Gasteiger charge is 2.27. The first-order valence-electron chi connectivity index (χ1n) is 10.7. The highest BCUT2D eigenvalue weighted by Crippen LogP contribution is 2.35. The third kappa shape index (κ3) is 7.07. The topological polar surface area (TPSA) is 85.4 Å². The van der Waals surface area contributed by atoms with Crippen LogP contribution in [0.2, 0.25) is 5.02 Å². The van der Waals surface area contributed by atoms with Crippen LogP contribution in [0.1, 0.15) is 19.4 Å². The molecule has 0 heterocycles. The van der Waals surface area contributed by atoms with Crippen LogP contribution in [-0.2, 0) is 28.6 Å². The van der Waals surface area contributed by atoms with Crippen molar-refractivity contribution in [3.05, 3.63) is 64.7 Å². The van der Waals surface area contributed by atoms with Crippen LogP contribution in [0.4, 0.5) is 11.4 Å². The molecular formula is C25H29ClN2O6. The predicted octanol–water partition coefficient (Wildman–Crippen LogP) is 3.92. The molecule has 0 atom stereocenters. The summed E-state index contributed by atoms with van der Waals surface area (Å²) >= 11 is 6.52. The molecule has 9 heteroatoms.